The van der Waals surface area contributed by atoms with Crippen LogP contribution in [0.3, 0.4) is 0 Å². The molecule has 1 aromatic carbocycles. The first-order valence-electron chi connectivity index (χ1n) is 7.68. The maximum absolute atomic E-state index is 12.2. The molecule has 1 saturated heterocycles. The minimum Gasteiger partial charge on any atom is -0.492 e. The van der Waals surface area contributed by atoms with Gasteiger partial charge in [-0.15, -0.1) is 0 Å². The summed E-state index contributed by atoms with van der Waals surface area (Å²) in [7, 11) is 0. The number of imide groups is 2. The van der Waals surface area contributed by atoms with E-state index in [0.717, 1.165) is 20.9 Å². The van der Waals surface area contributed by atoms with E-state index in [2.05, 4.69) is 0 Å². The lowest BCUT2D eigenvalue weighted by Crippen LogP contribution is -2.37. The lowest BCUT2D eigenvalue weighted by molar-refractivity contribution is -0.143. The summed E-state index contributed by atoms with van der Waals surface area (Å²) in [5, 5.41) is 0. The van der Waals surface area contributed by atoms with Crippen molar-refractivity contribution in [1.82, 2.24) is 9.80 Å². The maximum Gasteiger partial charge on any atom is 0.334 e. The predicted octanol–water partition coefficient (Wildman–Crippen LogP) is 2.13. The molecule has 1 aliphatic heterocycles. The molecule has 1 aromatic rings. The molecule has 0 spiro atoms. The summed E-state index contributed by atoms with van der Waals surface area (Å²) in [5.74, 6) is -0.733. The van der Waals surface area contributed by atoms with Gasteiger partial charge in [0.2, 0.25) is 0 Å². The molecule has 23 heavy (non-hydrogen) atoms. The number of amides is 4. The Labute approximate surface area is 136 Å². The second-order valence-corrected chi connectivity index (χ2v) is 6.22. The Bertz CT molecular complexity index is 619. The zero-order valence-corrected chi connectivity index (χ0v) is 14.0. The first kappa shape index (κ1) is 17.0. The van der Waals surface area contributed by atoms with Crippen molar-refractivity contribution in [3.8, 4) is 5.75 Å². The van der Waals surface area contributed by atoms with E-state index in [1.54, 1.807) is 0 Å². The van der Waals surface area contributed by atoms with Gasteiger partial charge in [-0.2, -0.15) is 0 Å². The fraction of sp³-hybridized carbons (Fsp3) is 0.471. The van der Waals surface area contributed by atoms with E-state index in [-0.39, 0.29) is 25.6 Å². The first-order valence-corrected chi connectivity index (χ1v) is 7.68. The van der Waals surface area contributed by atoms with Crippen LogP contribution in [-0.2, 0) is 9.59 Å². The highest BCUT2D eigenvalue weighted by atomic mass is 16.5. The molecule has 0 aliphatic carbocycles. The molecular weight excluding hydrogens is 296 g/mol. The molecule has 6 nitrogen and oxygen atoms in total. The van der Waals surface area contributed by atoms with Crippen LogP contribution in [0, 0.1) is 19.8 Å². The molecule has 0 aromatic heterocycles. The fourth-order valence-electron chi connectivity index (χ4n) is 2.54. The van der Waals surface area contributed by atoms with Gasteiger partial charge in [-0.05, 0) is 43.0 Å². The summed E-state index contributed by atoms with van der Waals surface area (Å²) < 4.78 is 5.60. The molecule has 2 rings (SSSR count). The molecule has 0 radical (unpaired) electrons. The number of ether oxygens (including phenoxy) is 1. The van der Waals surface area contributed by atoms with E-state index >= 15 is 0 Å². The van der Waals surface area contributed by atoms with E-state index in [9.17, 15) is 14.4 Å². The molecule has 1 heterocycles. The minimum atomic E-state index is -0.778. The number of urea groups is 1. The molecule has 4 amide bonds. The highest BCUT2D eigenvalue weighted by Gasteiger charge is 2.44. The van der Waals surface area contributed by atoms with Crippen molar-refractivity contribution in [3.63, 3.8) is 0 Å². The van der Waals surface area contributed by atoms with Crippen molar-refractivity contribution in [2.45, 2.75) is 27.7 Å². The van der Waals surface area contributed by atoms with Crippen molar-refractivity contribution in [2.75, 3.05) is 19.7 Å². The standard InChI is InChI=1S/C17H22N2O4/c1-11(2)10-19-16(21)15(20)18(17(19)22)5-6-23-14-8-12(3)7-13(4)9-14/h7-9,11H,5-6,10H2,1-4H3. The number of hydrogen-bond acceptors (Lipinski definition) is 4. The average Bonchev–Trinajstić information content (AvgIpc) is 2.63. The van der Waals surface area contributed by atoms with E-state index < -0.39 is 17.8 Å². The van der Waals surface area contributed by atoms with Crippen LogP contribution in [0.1, 0.15) is 25.0 Å². The van der Waals surface area contributed by atoms with Gasteiger partial charge < -0.3 is 4.74 Å². The van der Waals surface area contributed by atoms with Gasteiger partial charge in [0.25, 0.3) is 0 Å². The number of rotatable bonds is 6. The van der Waals surface area contributed by atoms with Crippen LogP contribution in [0.25, 0.3) is 0 Å². The van der Waals surface area contributed by atoms with Gasteiger partial charge in [-0.1, -0.05) is 19.9 Å². The molecule has 124 valence electrons. The molecule has 0 bridgehead atoms. The van der Waals surface area contributed by atoms with Gasteiger partial charge in [0.15, 0.2) is 0 Å². The summed E-state index contributed by atoms with van der Waals surface area (Å²) in [6.07, 6.45) is 0. The highest BCUT2D eigenvalue weighted by Crippen LogP contribution is 2.17. The number of carbonyl (C=O) groups is 3. The Hall–Kier alpha value is -2.37. The number of hydrogen-bond donors (Lipinski definition) is 0. The van der Waals surface area contributed by atoms with Gasteiger partial charge in [0.05, 0.1) is 6.54 Å². The van der Waals surface area contributed by atoms with Crippen LogP contribution >= 0.6 is 0 Å². The summed E-state index contributed by atoms with van der Waals surface area (Å²) in [5.41, 5.74) is 2.15. The monoisotopic (exact) mass is 318 g/mol. The Morgan fingerprint density at radius 2 is 1.52 bits per heavy atom. The predicted molar refractivity (Wildman–Crippen MR) is 85.1 cm³/mol. The maximum atomic E-state index is 12.2. The normalized spacial score (nSPS) is 15.1. The molecule has 1 fully saturated rings. The van der Waals surface area contributed by atoms with Crippen LogP contribution in [0.4, 0.5) is 4.79 Å². The first-order chi connectivity index (χ1) is 10.8. The summed E-state index contributed by atoms with van der Waals surface area (Å²) in [4.78, 5) is 37.9. The SMILES string of the molecule is Cc1cc(C)cc(OCCN2C(=O)C(=O)N(CC(C)C)C2=O)c1. The zero-order valence-electron chi connectivity index (χ0n) is 14.0. The van der Waals surface area contributed by atoms with Crippen LogP contribution in [-0.4, -0.2) is 47.3 Å². The second kappa shape index (κ2) is 6.81. The van der Waals surface area contributed by atoms with Crippen molar-refractivity contribution >= 4 is 17.8 Å². The summed E-state index contributed by atoms with van der Waals surface area (Å²) >= 11 is 0. The third-order valence-electron chi connectivity index (χ3n) is 3.46. The molecular formula is C17H22N2O4. The second-order valence-electron chi connectivity index (χ2n) is 6.22. The topological polar surface area (TPSA) is 66.9 Å². The Balaban J connectivity index is 1.96. The van der Waals surface area contributed by atoms with Gasteiger partial charge in [0, 0.05) is 6.54 Å². The van der Waals surface area contributed by atoms with Gasteiger partial charge >= 0.3 is 17.8 Å². The Morgan fingerprint density at radius 1 is 0.957 bits per heavy atom. The zero-order chi connectivity index (χ0) is 17.1. The van der Waals surface area contributed by atoms with Gasteiger partial charge in [-0.3, -0.25) is 19.4 Å². The number of carbonyl (C=O) groups excluding carboxylic acids is 3. The number of benzene rings is 1. The van der Waals surface area contributed by atoms with E-state index in [0.29, 0.717) is 5.75 Å². The lowest BCUT2D eigenvalue weighted by Gasteiger charge is -2.17. The van der Waals surface area contributed by atoms with Crippen molar-refractivity contribution in [1.29, 1.82) is 0 Å². The summed E-state index contributed by atoms with van der Waals surface area (Å²) in [6, 6.07) is 5.24. The summed E-state index contributed by atoms with van der Waals surface area (Å²) in [6.45, 7) is 8.17. The third-order valence-corrected chi connectivity index (χ3v) is 3.46. The van der Waals surface area contributed by atoms with E-state index in [1.165, 1.54) is 0 Å². The van der Waals surface area contributed by atoms with Crippen LogP contribution < -0.4 is 4.74 Å². The number of aryl methyl sites for hydroxylation is 2. The highest BCUT2D eigenvalue weighted by molar-refractivity contribution is 6.44. The molecule has 0 atom stereocenters. The van der Waals surface area contributed by atoms with E-state index in [4.69, 9.17) is 4.74 Å². The molecule has 6 heteroatoms. The molecule has 0 N–H and O–H groups in total. The average molecular weight is 318 g/mol. The van der Waals surface area contributed by atoms with Crippen LogP contribution in [0.2, 0.25) is 0 Å². The quantitative estimate of drug-likeness (QED) is 0.595. The fourth-order valence-corrected chi connectivity index (χ4v) is 2.54. The largest absolute Gasteiger partial charge is 0.492 e. The number of nitrogens with zero attached hydrogens (tertiary/aromatic N) is 2. The Kier molecular flexibility index (Phi) is 5.03. The molecule has 0 unspecified atom stereocenters. The van der Waals surface area contributed by atoms with Crippen molar-refractivity contribution < 1.29 is 19.1 Å². The third kappa shape index (κ3) is 3.88. The van der Waals surface area contributed by atoms with Crippen LogP contribution in [0.5, 0.6) is 5.75 Å². The molecule has 0 saturated carbocycles. The van der Waals surface area contributed by atoms with Crippen molar-refractivity contribution in [3.05, 3.63) is 29.3 Å². The van der Waals surface area contributed by atoms with Gasteiger partial charge in [0.1, 0.15) is 12.4 Å². The smallest absolute Gasteiger partial charge is 0.334 e. The minimum absolute atomic E-state index is 0.0605. The molecule has 1 aliphatic rings. The Morgan fingerprint density at radius 3 is 2.09 bits per heavy atom. The van der Waals surface area contributed by atoms with E-state index in [1.807, 2.05) is 45.9 Å². The lowest BCUT2D eigenvalue weighted by atomic mass is 10.1. The van der Waals surface area contributed by atoms with Crippen molar-refractivity contribution in [2.24, 2.45) is 5.92 Å². The van der Waals surface area contributed by atoms with Gasteiger partial charge in [-0.25, -0.2) is 4.79 Å². The van der Waals surface area contributed by atoms with Crippen LogP contribution in [0.15, 0.2) is 18.2 Å².